The molecule has 1 aliphatic carbocycles. The van der Waals surface area contributed by atoms with Gasteiger partial charge >= 0.3 is 0 Å². The van der Waals surface area contributed by atoms with Crippen LogP contribution >= 0.6 is 0 Å². The lowest BCUT2D eigenvalue weighted by Gasteiger charge is -2.24. The van der Waals surface area contributed by atoms with Crippen molar-refractivity contribution in [3.05, 3.63) is 12.2 Å². The van der Waals surface area contributed by atoms with Gasteiger partial charge in [-0.15, -0.1) is 5.92 Å². The smallest absolute Gasteiger partial charge is 0.0268 e. The van der Waals surface area contributed by atoms with Crippen molar-refractivity contribution in [2.75, 3.05) is 0 Å². The van der Waals surface area contributed by atoms with Crippen LogP contribution in [0.25, 0.3) is 0 Å². The van der Waals surface area contributed by atoms with Crippen molar-refractivity contribution in [3.63, 3.8) is 0 Å². The maximum atomic E-state index is 3.36. The molecule has 0 saturated carbocycles. The number of hydrogen-bond acceptors (Lipinski definition) is 0. The maximum Gasteiger partial charge on any atom is 0.0268 e. The lowest BCUT2D eigenvalue weighted by molar-refractivity contribution is 0.416. The van der Waals surface area contributed by atoms with Crippen LogP contribution in [-0.4, -0.2) is 0 Å². The first-order valence-corrected chi connectivity index (χ1v) is 5.97. The first-order chi connectivity index (χ1) is 6.88. The molecule has 14 heavy (non-hydrogen) atoms. The normalized spacial score (nSPS) is 20.9. The fraction of sp³-hybridized carbons (Fsp3) is 0.714. The SMILES string of the molecule is CC#CC(CCCCCC)C1C=CC1. The molecule has 0 heterocycles. The first-order valence-electron chi connectivity index (χ1n) is 5.97. The van der Waals surface area contributed by atoms with Crippen LogP contribution in [-0.2, 0) is 0 Å². The minimum absolute atomic E-state index is 0.641. The molecule has 1 aliphatic rings. The van der Waals surface area contributed by atoms with Gasteiger partial charge in [0, 0.05) is 5.92 Å². The lowest BCUT2D eigenvalue weighted by Crippen LogP contribution is -2.15. The van der Waals surface area contributed by atoms with Gasteiger partial charge in [-0.05, 0) is 25.7 Å². The monoisotopic (exact) mass is 190 g/mol. The Bertz CT molecular complexity index is 226. The molecule has 0 N–H and O–H groups in total. The molecule has 2 unspecified atom stereocenters. The highest BCUT2D eigenvalue weighted by molar-refractivity contribution is 5.13. The summed E-state index contributed by atoms with van der Waals surface area (Å²) in [6, 6.07) is 0. The third kappa shape index (κ3) is 3.58. The Morgan fingerprint density at radius 2 is 2.14 bits per heavy atom. The van der Waals surface area contributed by atoms with Gasteiger partial charge in [-0.25, -0.2) is 0 Å². The summed E-state index contributed by atoms with van der Waals surface area (Å²) in [5, 5.41) is 0. The molecule has 0 fully saturated rings. The second kappa shape index (κ2) is 6.71. The first kappa shape index (κ1) is 11.4. The van der Waals surface area contributed by atoms with Gasteiger partial charge in [0.25, 0.3) is 0 Å². The van der Waals surface area contributed by atoms with Crippen LogP contribution in [0.3, 0.4) is 0 Å². The van der Waals surface area contributed by atoms with Crippen molar-refractivity contribution in [3.8, 4) is 11.8 Å². The molecule has 0 aromatic heterocycles. The van der Waals surface area contributed by atoms with Crippen molar-refractivity contribution >= 4 is 0 Å². The van der Waals surface area contributed by atoms with Crippen LogP contribution in [0.5, 0.6) is 0 Å². The van der Waals surface area contributed by atoms with Gasteiger partial charge in [0.15, 0.2) is 0 Å². The summed E-state index contributed by atoms with van der Waals surface area (Å²) in [6.45, 7) is 4.22. The maximum absolute atomic E-state index is 3.36. The van der Waals surface area contributed by atoms with Gasteiger partial charge in [0.2, 0.25) is 0 Å². The third-order valence-corrected chi connectivity index (χ3v) is 3.01. The average molecular weight is 190 g/mol. The van der Waals surface area contributed by atoms with E-state index in [1.807, 2.05) is 6.92 Å². The molecule has 0 aromatic rings. The predicted octanol–water partition coefficient (Wildman–Crippen LogP) is 4.17. The summed E-state index contributed by atoms with van der Waals surface area (Å²) in [4.78, 5) is 0. The van der Waals surface area contributed by atoms with Crippen LogP contribution < -0.4 is 0 Å². The molecule has 0 aliphatic heterocycles. The molecule has 2 atom stereocenters. The zero-order valence-corrected chi connectivity index (χ0v) is 9.55. The summed E-state index contributed by atoms with van der Waals surface area (Å²) >= 11 is 0. The van der Waals surface area contributed by atoms with E-state index in [9.17, 15) is 0 Å². The summed E-state index contributed by atoms with van der Waals surface area (Å²) < 4.78 is 0. The Morgan fingerprint density at radius 3 is 2.64 bits per heavy atom. The zero-order valence-electron chi connectivity index (χ0n) is 9.55. The molecule has 0 heteroatoms. The predicted molar refractivity (Wildman–Crippen MR) is 62.9 cm³/mol. The zero-order chi connectivity index (χ0) is 10.2. The quantitative estimate of drug-likeness (QED) is 0.335. The topological polar surface area (TPSA) is 0 Å². The minimum atomic E-state index is 0.641. The van der Waals surface area contributed by atoms with E-state index in [4.69, 9.17) is 0 Å². The lowest BCUT2D eigenvalue weighted by atomic mass is 9.80. The summed E-state index contributed by atoms with van der Waals surface area (Å²) in [6.07, 6.45) is 12.6. The van der Waals surface area contributed by atoms with Crippen molar-refractivity contribution in [2.45, 2.75) is 52.4 Å². The van der Waals surface area contributed by atoms with Crippen LogP contribution in [0.1, 0.15) is 52.4 Å². The van der Waals surface area contributed by atoms with Crippen molar-refractivity contribution in [2.24, 2.45) is 11.8 Å². The van der Waals surface area contributed by atoms with Gasteiger partial charge in [0.05, 0.1) is 0 Å². The molecule has 0 spiro atoms. The Balaban J connectivity index is 2.21. The number of hydrogen-bond donors (Lipinski definition) is 0. The second-order valence-corrected chi connectivity index (χ2v) is 4.18. The molecule has 0 saturated heterocycles. The highest BCUT2D eigenvalue weighted by atomic mass is 14.2. The van der Waals surface area contributed by atoms with E-state index in [0.717, 1.165) is 5.92 Å². The Labute approximate surface area is 88.8 Å². The summed E-state index contributed by atoms with van der Waals surface area (Å²) in [5.74, 6) is 7.84. The number of rotatable bonds is 6. The van der Waals surface area contributed by atoms with Gasteiger partial charge in [-0.2, -0.15) is 0 Å². The third-order valence-electron chi connectivity index (χ3n) is 3.01. The standard InChI is InChI=1S/C14H22/c1-3-5-6-7-10-13(9-4-2)14-11-8-12-14/h8,11,13-14H,3,5-7,10,12H2,1-2H3. The highest BCUT2D eigenvalue weighted by Crippen LogP contribution is 2.29. The molecule has 0 bridgehead atoms. The Hall–Kier alpha value is -0.700. The van der Waals surface area contributed by atoms with Gasteiger partial charge in [-0.3, -0.25) is 0 Å². The van der Waals surface area contributed by atoms with E-state index in [2.05, 4.69) is 30.9 Å². The fourth-order valence-corrected chi connectivity index (χ4v) is 1.96. The molecular formula is C14H22. The Kier molecular flexibility index (Phi) is 5.45. The second-order valence-electron chi connectivity index (χ2n) is 4.18. The minimum Gasteiger partial charge on any atom is -0.106 e. The van der Waals surface area contributed by atoms with E-state index in [1.54, 1.807) is 0 Å². The molecule has 78 valence electrons. The van der Waals surface area contributed by atoms with Crippen molar-refractivity contribution < 1.29 is 0 Å². The van der Waals surface area contributed by atoms with Gasteiger partial charge < -0.3 is 0 Å². The molecular weight excluding hydrogens is 168 g/mol. The summed E-state index contributed by atoms with van der Waals surface area (Å²) in [5.41, 5.74) is 0. The van der Waals surface area contributed by atoms with E-state index in [1.165, 1.54) is 38.5 Å². The van der Waals surface area contributed by atoms with Crippen molar-refractivity contribution in [1.29, 1.82) is 0 Å². The average Bonchev–Trinajstić information content (AvgIpc) is 2.10. The Morgan fingerprint density at radius 1 is 1.36 bits per heavy atom. The van der Waals surface area contributed by atoms with Crippen LogP contribution in [0.2, 0.25) is 0 Å². The molecule has 1 rings (SSSR count). The van der Waals surface area contributed by atoms with E-state index in [0.29, 0.717) is 5.92 Å². The van der Waals surface area contributed by atoms with Gasteiger partial charge in [0.1, 0.15) is 0 Å². The molecule has 0 amide bonds. The van der Waals surface area contributed by atoms with Gasteiger partial charge in [-0.1, -0.05) is 50.7 Å². The largest absolute Gasteiger partial charge is 0.106 e. The highest BCUT2D eigenvalue weighted by Gasteiger charge is 2.19. The number of unbranched alkanes of at least 4 members (excludes halogenated alkanes) is 3. The van der Waals surface area contributed by atoms with Crippen LogP contribution in [0.4, 0.5) is 0 Å². The fourth-order valence-electron chi connectivity index (χ4n) is 1.96. The molecule has 0 nitrogen and oxygen atoms in total. The van der Waals surface area contributed by atoms with E-state index in [-0.39, 0.29) is 0 Å². The van der Waals surface area contributed by atoms with Crippen molar-refractivity contribution in [1.82, 2.24) is 0 Å². The number of allylic oxidation sites excluding steroid dienone is 2. The van der Waals surface area contributed by atoms with Crippen LogP contribution in [0, 0.1) is 23.7 Å². The van der Waals surface area contributed by atoms with Crippen LogP contribution in [0.15, 0.2) is 12.2 Å². The van der Waals surface area contributed by atoms with E-state index >= 15 is 0 Å². The van der Waals surface area contributed by atoms with E-state index < -0.39 is 0 Å². The molecule has 0 radical (unpaired) electrons. The summed E-state index contributed by atoms with van der Waals surface area (Å²) in [7, 11) is 0. The molecule has 0 aromatic carbocycles.